The van der Waals surface area contributed by atoms with Gasteiger partial charge in [0.05, 0.1) is 15.8 Å². The van der Waals surface area contributed by atoms with Gasteiger partial charge in [0.25, 0.3) is 0 Å². The Hall–Kier alpha value is -1.88. The second-order valence-corrected chi connectivity index (χ2v) is 5.39. The number of hydrogen-bond acceptors (Lipinski definition) is 2. The second kappa shape index (κ2) is 5.18. The molecule has 3 nitrogen and oxygen atoms in total. The fraction of sp³-hybridized carbons (Fsp3) is 0.0769. The highest BCUT2D eigenvalue weighted by molar-refractivity contribution is 7.93. The molecule has 0 aliphatic rings. The van der Waals surface area contributed by atoms with Crippen LogP contribution in [-0.2, 0) is 15.8 Å². The molecular weight excluding hydrogens is 253 g/mol. The molecule has 94 valence electrons. The highest BCUT2D eigenvalue weighted by atomic mass is 32.2. The monoisotopic (exact) mass is 264 g/mol. The quantitative estimate of drug-likeness (QED) is 0.850. The van der Waals surface area contributed by atoms with E-state index < -0.39 is 15.8 Å². The molecule has 0 N–H and O–H groups in total. The molecule has 2 rings (SSSR count). The summed E-state index contributed by atoms with van der Waals surface area (Å²) in [6.07, 6.45) is 0. The van der Waals surface area contributed by atoms with Crippen molar-refractivity contribution < 1.29 is 12.8 Å². The van der Waals surface area contributed by atoms with Crippen LogP contribution in [0.1, 0.15) is 5.56 Å². The van der Waals surface area contributed by atoms with E-state index in [0.29, 0.717) is 5.56 Å². The van der Waals surface area contributed by atoms with Crippen LogP contribution in [-0.4, -0.2) is 8.42 Å². The molecule has 0 unspecified atom stereocenters. The van der Waals surface area contributed by atoms with Gasteiger partial charge in [0, 0.05) is 0 Å². The summed E-state index contributed by atoms with van der Waals surface area (Å²) in [5.41, 5.74) is 0.464. The largest absolute Gasteiger partial charge is 0.574 e. The van der Waals surface area contributed by atoms with E-state index >= 15 is 0 Å². The van der Waals surface area contributed by atoms with Gasteiger partial charge in [0.15, 0.2) is 0 Å². The molecule has 18 heavy (non-hydrogen) atoms. The summed E-state index contributed by atoms with van der Waals surface area (Å²) < 4.78 is 40.4. The highest BCUT2D eigenvalue weighted by Gasteiger charge is 2.03. The third-order valence-electron chi connectivity index (χ3n) is 2.28. The zero-order chi connectivity index (χ0) is 13.0. The number of halogens is 1. The standard InChI is InChI=1S/C13H11FNO2S/c14-12-8-4-5-9-13(12)15-18(16,17)10-11-6-2-1-3-7-11/h1-9H,10H2/q-1. The zero-order valence-electron chi connectivity index (χ0n) is 9.45. The highest BCUT2D eigenvalue weighted by Crippen LogP contribution is 2.27. The lowest BCUT2D eigenvalue weighted by atomic mass is 10.2. The van der Waals surface area contributed by atoms with Crippen molar-refractivity contribution in [1.82, 2.24) is 0 Å². The van der Waals surface area contributed by atoms with E-state index in [-0.39, 0.29) is 11.4 Å². The van der Waals surface area contributed by atoms with Gasteiger partial charge in [-0.3, -0.25) is 0 Å². The van der Waals surface area contributed by atoms with Crippen LogP contribution in [0, 0.1) is 5.82 Å². The average Bonchev–Trinajstić information content (AvgIpc) is 2.32. The molecule has 2 aromatic carbocycles. The van der Waals surface area contributed by atoms with Gasteiger partial charge in [-0.1, -0.05) is 54.2 Å². The summed E-state index contributed by atoms with van der Waals surface area (Å²) in [7, 11) is -3.73. The van der Waals surface area contributed by atoms with E-state index in [0.717, 1.165) is 0 Å². The molecule has 0 saturated heterocycles. The first kappa shape index (κ1) is 12.6. The molecule has 0 aliphatic heterocycles. The van der Waals surface area contributed by atoms with Crippen molar-refractivity contribution in [2.24, 2.45) is 0 Å². The molecule has 0 aromatic heterocycles. The van der Waals surface area contributed by atoms with Crippen LogP contribution in [0.15, 0.2) is 54.6 Å². The summed E-state index contributed by atoms with van der Waals surface area (Å²) in [6, 6.07) is 14.2. The average molecular weight is 264 g/mol. The van der Waals surface area contributed by atoms with E-state index in [2.05, 4.69) is 4.72 Å². The van der Waals surface area contributed by atoms with Gasteiger partial charge >= 0.3 is 0 Å². The fourth-order valence-corrected chi connectivity index (χ4v) is 2.62. The number of benzene rings is 2. The van der Waals surface area contributed by atoms with Crippen LogP contribution in [0.4, 0.5) is 10.1 Å². The molecule has 0 atom stereocenters. The number of hydrogen-bond donors (Lipinski definition) is 0. The SMILES string of the molecule is O=S(=O)(Cc1ccccc1)[N-]c1ccccc1F. The maximum Gasteiger partial charge on any atom is 0.109 e. The smallest absolute Gasteiger partial charge is 0.109 e. The van der Waals surface area contributed by atoms with Crippen LogP contribution < -0.4 is 0 Å². The van der Waals surface area contributed by atoms with Crippen LogP contribution >= 0.6 is 0 Å². The van der Waals surface area contributed by atoms with Crippen molar-refractivity contribution in [3.63, 3.8) is 0 Å². The van der Waals surface area contributed by atoms with Crippen molar-refractivity contribution >= 4 is 15.7 Å². The van der Waals surface area contributed by atoms with Crippen LogP contribution in [0.3, 0.4) is 0 Å². The van der Waals surface area contributed by atoms with E-state index in [4.69, 9.17) is 0 Å². The predicted octanol–water partition coefficient (Wildman–Crippen LogP) is 3.36. The second-order valence-electron chi connectivity index (χ2n) is 3.75. The number of sulfonamides is 1. The molecule has 0 saturated carbocycles. The Kier molecular flexibility index (Phi) is 3.62. The lowest BCUT2D eigenvalue weighted by Gasteiger charge is -2.22. The van der Waals surface area contributed by atoms with Crippen molar-refractivity contribution in [3.05, 3.63) is 70.7 Å². The molecule has 0 aliphatic carbocycles. The van der Waals surface area contributed by atoms with Crippen LogP contribution in [0.5, 0.6) is 0 Å². The van der Waals surface area contributed by atoms with E-state index in [1.165, 1.54) is 18.2 Å². The summed E-state index contributed by atoms with van der Waals surface area (Å²) in [4.78, 5) is 0. The lowest BCUT2D eigenvalue weighted by molar-refractivity contribution is 0.600. The first-order valence-corrected chi connectivity index (χ1v) is 6.92. The molecule has 0 amide bonds. The minimum atomic E-state index is -3.73. The topological polar surface area (TPSA) is 48.2 Å². The van der Waals surface area contributed by atoms with E-state index in [1.807, 2.05) is 0 Å². The number of rotatable bonds is 4. The van der Waals surface area contributed by atoms with Crippen LogP contribution in [0.25, 0.3) is 4.72 Å². The van der Waals surface area contributed by atoms with Gasteiger partial charge in [0.2, 0.25) is 0 Å². The molecular formula is C13H11FNO2S-. The van der Waals surface area contributed by atoms with Gasteiger partial charge < -0.3 is 4.72 Å². The molecule has 0 heterocycles. The molecule has 0 bridgehead atoms. The molecule has 0 spiro atoms. The van der Waals surface area contributed by atoms with Crippen molar-refractivity contribution in [1.29, 1.82) is 0 Å². The number of nitrogens with zero attached hydrogens (tertiary/aromatic N) is 1. The minimum Gasteiger partial charge on any atom is -0.574 e. The third-order valence-corrected chi connectivity index (χ3v) is 3.45. The summed E-state index contributed by atoms with van der Waals surface area (Å²) in [5.74, 6) is -0.878. The maximum absolute atomic E-state index is 13.3. The Morgan fingerprint density at radius 2 is 1.56 bits per heavy atom. The van der Waals surface area contributed by atoms with E-state index in [1.54, 1.807) is 36.4 Å². The summed E-state index contributed by atoms with van der Waals surface area (Å²) in [5, 5.41) is 0. The molecule has 5 heteroatoms. The normalized spacial score (nSPS) is 11.2. The van der Waals surface area contributed by atoms with Gasteiger partial charge in [-0.2, -0.15) is 0 Å². The Balaban J connectivity index is 2.16. The lowest BCUT2D eigenvalue weighted by Crippen LogP contribution is -2.01. The van der Waals surface area contributed by atoms with Gasteiger partial charge in [-0.05, 0) is 11.6 Å². The fourth-order valence-electron chi connectivity index (χ4n) is 1.49. The summed E-state index contributed by atoms with van der Waals surface area (Å²) in [6.45, 7) is 0. The molecule has 2 aromatic rings. The minimum absolute atomic E-state index is 0.159. The predicted molar refractivity (Wildman–Crippen MR) is 68.5 cm³/mol. The summed E-state index contributed by atoms with van der Waals surface area (Å²) >= 11 is 0. The van der Waals surface area contributed by atoms with E-state index in [9.17, 15) is 12.8 Å². The van der Waals surface area contributed by atoms with Crippen molar-refractivity contribution in [2.75, 3.05) is 0 Å². The molecule has 0 radical (unpaired) electrons. The van der Waals surface area contributed by atoms with Gasteiger partial charge in [-0.25, -0.2) is 12.8 Å². The Bertz CT molecular complexity index is 626. The Morgan fingerprint density at radius 3 is 2.22 bits per heavy atom. The maximum atomic E-state index is 13.3. The third kappa shape index (κ3) is 3.30. The van der Waals surface area contributed by atoms with Crippen molar-refractivity contribution in [3.8, 4) is 0 Å². The van der Waals surface area contributed by atoms with Gasteiger partial charge in [-0.15, -0.1) is 0 Å². The van der Waals surface area contributed by atoms with Gasteiger partial charge in [0.1, 0.15) is 5.82 Å². The first-order chi connectivity index (χ1) is 8.57. The zero-order valence-corrected chi connectivity index (χ0v) is 10.3. The van der Waals surface area contributed by atoms with Crippen molar-refractivity contribution in [2.45, 2.75) is 5.75 Å². The molecule has 0 fully saturated rings. The first-order valence-electron chi connectivity index (χ1n) is 5.31. The Labute approximate surface area is 105 Å². The Morgan fingerprint density at radius 1 is 0.944 bits per heavy atom. The van der Waals surface area contributed by atoms with Crippen LogP contribution in [0.2, 0.25) is 0 Å².